The van der Waals surface area contributed by atoms with E-state index < -0.39 is 20.0 Å². The highest BCUT2D eigenvalue weighted by Gasteiger charge is 2.28. The number of aliphatic hydroxyl groups is 1. The Labute approximate surface area is 285 Å². The molecule has 9 heteroatoms. The maximum absolute atomic E-state index is 12.8. The van der Waals surface area contributed by atoms with Gasteiger partial charge in [-0.05, 0) is 12.8 Å². The molecule has 3 unspecified atom stereocenters. The molecule has 3 N–H and O–H groups in total. The van der Waals surface area contributed by atoms with Crippen LogP contribution < -0.4 is 5.32 Å². The lowest BCUT2D eigenvalue weighted by Crippen LogP contribution is -2.46. The van der Waals surface area contributed by atoms with Gasteiger partial charge in [0.05, 0.1) is 39.9 Å². The Balaban J connectivity index is 4.43. The van der Waals surface area contributed by atoms with Crippen molar-refractivity contribution in [2.24, 2.45) is 0 Å². The van der Waals surface area contributed by atoms with Gasteiger partial charge in [0, 0.05) is 6.42 Å². The van der Waals surface area contributed by atoms with Gasteiger partial charge >= 0.3 is 7.82 Å². The van der Waals surface area contributed by atoms with Crippen molar-refractivity contribution in [2.45, 2.75) is 193 Å². The van der Waals surface area contributed by atoms with Crippen molar-refractivity contribution in [2.75, 3.05) is 40.9 Å². The monoisotopic (exact) mass is 678 g/mol. The average Bonchev–Trinajstić information content (AvgIpc) is 2.99. The van der Waals surface area contributed by atoms with E-state index >= 15 is 0 Å². The number of hydrogen-bond donors (Lipinski definition) is 3. The van der Waals surface area contributed by atoms with Crippen LogP contribution in [0.1, 0.15) is 181 Å². The van der Waals surface area contributed by atoms with Crippen molar-refractivity contribution in [1.29, 1.82) is 0 Å². The highest BCUT2D eigenvalue weighted by molar-refractivity contribution is 7.47. The van der Waals surface area contributed by atoms with Crippen LogP contribution in [-0.2, 0) is 18.4 Å². The molecular weight excluding hydrogens is 599 g/mol. The molecule has 0 aromatic rings. The molecule has 0 aliphatic carbocycles. The van der Waals surface area contributed by atoms with Crippen LogP contribution in [0.3, 0.4) is 0 Å². The Bertz CT molecular complexity index is 733. The smallest absolute Gasteiger partial charge is 0.391 e. The normalized spacial score (nSPS) is 14.7. The molecule has 0 aliphatic rings. The fourth-order valence-electron chi connectivity index (χ4n) is 5.69. The fourth-order valence-corrected chi connectivity index (χ4v) is 6.43. The molecule has 0 fully saturated rings. The molecule has 276 valence electrons. The van der Waals surface area contributed by atoms with Crippen molar-refractivity contribution in [3.8, 4) is 0 Å². The van der Waals surface area contributed by atoms with Gasteiger partial charge in [-0.1, -0.05) is 162 Å². The van der Waals surface area contributed by atoms with Crippen LogP contribution in [0.4, 0.5) is 0 Å². The number of aliphatic hydroxyl groups excluding tert-OH is 1. The summed E-state index contributed by atoms with van der Waals surface area (Å²) in [5, 5.41) is 13.9. The van der Waals surface area contributed by atoms with E-state index in [0.717, 1.165) is 38.5 Å². The first-order chi connectivity index (χ1) is 22.0. The maximum atomic E-state index is 12.8. The molecule has 0 bridgehead atoms. The molecule has 0 saturated carbocycles. The van der Waals surface area contributed by atoms with E-state index in [9.17, 15) is 19.4 Å². The number of phosphoric ester groups is 1. The molecule has 0 radical (unpaired) electrons. The second-order valence-electron chi connectivity index (χ2n) is 14.7. The van der Waals surface area contributed by atoms with Gasteiger partial charge in [-0.25, -0.2) is 4.57 Å². The third-order valence-corrected chi connectivity index (χ3v) is 9.84. The van der Waals surface area contributed by atoms with Crippen LogP contribution in [0.15, 0.2) is 0 Å². The molecule has 8 nitrogen and oxygen atoms in total. The zero-order chi connectivity index (χ0) is 34.4. The van der Waals surface area contributed by atoms with Crippen LogP contribution in [0, 0.1) is 0 Å². The van der Waals surface area contributed by atoms with Gasteiger partial charge in [-0.15, -0.1) is 0 Å². The number of rotatable bonds is 35. The summed E-state index contributed by atoms with van der Waals surface area (Å²) in [6, 6.07) is -0.750. The Kier molecular flexibility index (Phi) is 30.2. The zero-order valence-corrected chi connectivity index (χ0v) is 32.0. The second-order valence-corrected chi connectivity index (χ2v) is 16.1. The van der Waals surface area contributed by atoms with Crippen LogP contribution in [0.2, 0.25) is 0 Å². The number of unbranched alkanes of at least 4 members (excludes halogenated alkanes) is 22. The minimum Gasteiger partial charge on any atom is -0.391 e. The third-order valence-electron chi connectivity index (χ3n) is 8.86. The number of quaternary nitrogens is 1. The summed E-state index contributed by atoms with van der Waals surface area (Å²) in [7, 11) is 1.62. The SMILES string of the molecule is CCCCCCCCCCCCCCCCC(O)C(COP(=O)(O)OCC[N+](C)(C)C)NC(=O)CCCCCCCCCCCC. The first kappa shape index (κ1) is 45.5. The predicted octanol–water partition coefficient (Wildman–Crippen LogP) is 9.85. The number of carbonyl (C=O) groups excluding carboxylic acids is 1. The van der Waals surface area contributed by atoms with E-state index in [0.29, 0.717) is 23.9 Å². The lowest BCUT2D eigenvalue weighted by atomic mass is 10.0. The number of carbonyl (C=O) groups is 1. The number of nitrogens with zero attached hydrogens (tertiary/aromatic N) is 1. The molecule has 0 rings (SSSR count). The molecule has 0 spiro atoms. The minimum atomic E-state index is -4.30. The van der Waals surface area contributed by atoms with Crippen molar-refractivity contribution in [1.82, 2.24) is 5.32 Å². The van der Waals surface area contributed by atoms with Gasteiger partial charge < -0.3 is 19.8 Å². The Morgan fingerprint density at radius 3 is 1.46 bits per heavy atom. The van der Waals surface area contributed by atoms with Gasteiger partial charge in [0.25, 0.3) is 0 Å². The summed E-state index contributed by atoms with van der Waals surface area (Å²) in [6.07, 6.45) is 29.7. The number of likely N-dealkylation sites (N-methyl/N-ethyl adjacent to an activating group) is 1. The van der Waals surface area contributed by atoms with Crippen molar-refractivity contribution >= 4 is 13.7 Å². The van der Waals surface area contributed by atoms with E-state index in [1.807, 2.05) is 21.1 Å². The summed E-state index contributed by atoms with van der Waals surface area (Å²) < 4.78 is 23.5. The molecule has 0 aromatic heterocycles. The van der Waals surface area contributed by atoms with Gasteiger partial charge in [-0.2, -0.15) is 0 Å². The highest BCUT2D eigenvalue weighted by Crippen LogP contribution is 2.43. The van der Waals surface area contributed by atoms with E-state index in [2.05, 4.69) is 19.2 Å². The van der Waals surface area contributed by atoms with Gasteiger partial charge in [0.1, 0.15) is 13.2 Å². The lowest BCUT2D eigenvalue weighted by molar-refractivity contribution is -0.870. The first-order valence-corrected chi connectivity index (χ1v) is 20.9. The highest BCUT2D eigenvalue weighted by atomic mass is 31.2. The molecular formula is C37H78N2O6P+. The molecule has 3 atom stereocenters. The number of hydrogen-bond acceptors (Lipinski definition) is 5. The quantitative estimate of drug-likeness (QED) is 0.0350. The summed E-state index contributed by atoms with van der Waals surface area (Å²) in [4.78, 5) is 23.0. The van der Waals surface area contributed by atoms with Crippen molar-refractivity contribution < 1.29 is 32.9 Å². The topological polar surface area (TPSA) is 105 Å². The second kappa shape index (κ2) is 30.6. The molecule has 0 aromatic carbocycles. The van der Waals surface area contributed by atoms with Crippen molar-refractivity contribution in [3.63, 3.8) is 0 Å². The molecule has 0 aliphatic heterocycles. The van der Waals surface area contributed by atoms with E-state index in [1.165, 1.54) is 116 Å². The zero-order valence-electron chi connectivity index (χ0n) is 31.1. The predicted molar refractivity (Wildman–Crippen MR) is 194 cm³/mol. The third kappa shape index (κ3) is 32.1. The van der Waals surface area contributed by atoms with Gasteiger partial charge in [-0.3, -0.25) is 13.8 Å². The maximum Gasteiger partial charge on any atom is 0.472 e. The van der Waals surface area contributed by atoms with Crippen LogP contribution in [-0.4, -0.2) is 73.4 Å². The number of phosphoric acid groups is 1. The summed E-state index contributed by atoms with van der Waals surface area (Å²) in [5.41, 5.74) is 0. The average molecular weight is 678 g/mol. The number of amides is 1. The first-order valence-electron chi connectivity index (χ1n) is 19.4. The number of nitrogens with one attached hydrogen (secondary N) is 1. The van der Waals surface area contributed by atoms with E-state index in [1.54, 1.807) is 0 Å². The molecule has 1 amide bonds. The Morgan fingerprint density at radius 2 is 1.04 bits per heavy atom. The minimum absolute atomic E-state index is 0.0780. The van der Waals surface area contributed by atoms with Crippen LogP contribution >= 0.6 is 7.82 Å². The van der Waals surface area contributed by atoms with Crippen LogP contribution in [0.25, 0.3) is 0 Å². The van der Waals surface area contributed by atoms with E-state index in [4.69, 9.17) is 9.05 Å². The standard InChI is InChI=1S/C37H77N2O6P/c1-6-8-10-12-14-16-18-19-20-21-22-24-26-28-30-36(40)35(34-45-46(42,43)44-33-32-39(3,4)5)38-37(41)31-29-27-25-23-17-15-13-11-9-7-2/h35-36,40H,6-34H2,1-5H3,(H-,38,41,42,43)/p+1. The molecule has 46 heavy (non-hydrogen) atoms. The molecule has 0 saturated heterocycles. The van der Waals surface area contributed by atoms with Crippen LogP contribution in [0.5, 0.6) is 0 Å². The summed E-state index contributed by atoms with van der Waals surface area (Å²) in [5.74, 6) is -0.146. The fraction of sp³-hybridized carbons (Fsp3) is 0.973. The summed E-state index contributed by atoms with van der Waals surface area (Å²) >= 11 is 0. The Hall–Kier alpha value is -0.500. The van der Waals surface area contributed by atoms with Gasteiger partial charge in [0.2, 0.25) is 5.91 Å². The Morgan fingerprint density at radius 1 is 0.652 bits per heavy atom. The largest absolute Gasteiger partial charge is 0.472 e. The van der Waals surface area contributed by atoms with E-state index in [-0.39, 0.29) is 19.1 Å². The lowest BCUT2D eigenvalue weighted by Gasteiger charge is -2.26. The summed E-state index contributed by atoms with van der Waals surface area (Å²) in [6.45, 7) is 4.87. The molecule has 0 heterocycles. The van der Waals surface area contributed by atoms with Crippen molar-refractivity contribution in [3.05, 3.63) is 0 Å². The van der Waals surface area contributed by atoms with Gasteiger partial charge in [0.15, 0.2) is 0 Å².